The largest absolute Gasteiger partial charge is 0.354 e. The Morgan fingerprint density at radius 3 is 2.52 bits per heavy atom. The van der Waals surface area contributed by atoms with Crippen molar-refractivity contribution in [2.45, 2.75) is 39.2 Å². The maximum absolute atomic E-state index is 13.1. The van der Waals surface area contributed by atoms with Crippen molar-refractivity contribution >= 4 is 17.6 Å². The number of amides is 2. The normalized spacial score (nSPS) is 17.0. The third kappa shape index (κ3) is 4.25. The molecule has 1 saturated heterocycles. The van der Waals surface area contributed by atoms with Crippen LogP contribution < -0.4 is 10.6 Å². The van der Waals surface area contributed by atoms with E-state index in [1.165, 1.54) is 0 Å². The van der Waals surface area contributed by atoms with Crippen molar-refractivity contribution in [2.24, 2.45) is 0 Å². The van der Waals surface area contributed by atoms with E-state index in [1.54, 1.807) is 24.3 Å². The first-order chi connectivity index (χ1) is 13.0. The molecule has 0 saturated carbocycles. The van der Waals surface area contributed by atoms with Crippen LogP contribution >= 0.6 is 0 Å². The van der Waals surface area contributed by atoms with E-state index in [1.807, 2.05) is 32.0 Å². The number of carbonyl (C=O) groups excluding carboxylic acids is 3. The number of rotatable bonds is 4. The standard InChI is InChI=1S/C22H24N2O3/c1-14-10-11-15(2)18(13-14)20(25)16-7-3-4-8-17(16)21(26)24-19-9-5-6-12-23-22(19)27/h3-4,7-8,10-11,13,19H,5-6,9,12H2,1-2H3,(H,23,27)(H,24,26)/t19-/m1/s1. The Balaban J connectivity index is 1.89. The van der Waals surface area contributed by atoms with Gasteiger partial charge in [0.25, 0.3) is 5.91 Å². The van der Waals surface area contributed by atoms with E-state index in [9.17, 15) is 14.4 Å². The van der Waals surface area contributed by atoms with Crippen LogP contribution in [-0.4, -0.2) is 30.2 Å². The molecular weight excluding hydrogens is 340 g/mol. The topological polar surface area (TPSA) is 75.3 Å². The minimum Gasteiger partial charge on any atom is -0.354 e. The minimum absolute atomic E-state index is 0.167. The lowest BCUT2D eigenvalue weighted by Crippen LogP contribution is -2.45. The van der Waals surface area contributed by atoms with Crippen LogP contribution in [0.5, 0.6) is 0 Å². The van der Waals surface area contributed by atoms with Crippen LogP contribution in [0.1, 0.15) is 56.7 Å². The van der Waals surface area contributed by atoms with Crippen molar-refractivity contribution in [2.75, 3.05) is 6.54 Å². The molecule has 1 fully saturated rings. The van der Waals surface area contributed by atoms with E-state index in [0.717, 1.165) is 24.0 Å². The molecule has 2 aromatic carbocycles. The molecule has 1 aliphatic heterocycles. The Morgan fingerprint density at radius 1 is 1.00 bits per heavy atom. The van der Waals surface area contributed by atoms with Gasteiger partial charge in [0, 0.05) is 17.7 Å². The Bertz CT molecular complexity index is 889. The summed E-state index contributed by atoms with van der Waals surface area (Å²) in [6.07, 6.45) is 2.37. The van der Waals surface area contributed by atoms with Gasteiger partial charge in [-0.05, 0) is 50.8 Å². The molecule has 3 rings (SSSR count). The van der Waals surface area contributed by atoms with Crippen molar-refractivity contribution in [3.8, 4) is 0 Å². The SMILES string of the molecule is Cc1ccc(C)c(C(=O)c2ccccc2C(=O)N[C@@H]2CCCCNC2=O)c1. The second-order valence-corrected chi connectivity index (χ2v) is 7.01. The molecule has 1 heterocycles. The number of ketones is 1. The van der Waals surface area contributed by atoms with E-state index in [0.29, 0.717) is 29.7 Å². The van der Waals surface area contributed by atoms with E-state index >= 15 is 0 Å². The van der Waals surface area contributed by atoms with Crippen LogP contribution in [0.2, 0.25) is 0 Å². The highest BCUT2D eigenvalue weighted by atomic mass is 16.2. The maximum Gasteiger partial charge on any atom is 0.252 e. The highest BCUT2D eigenvalue weighted by Gasteiger charge is 2.25. The van der Waals surface area contributed by atoms with Crippen LogP contribution in [-0.2, 0) is 4.79 Å². The Hall–Kier alpha value is -2.95. The van der Waals surface area contributed by atoms with Crippen LogP contribution in [0.3, 0.4) is 0 Å². The summed E-state index contributed by atoms with van der Waals surface area (Å²) in [6.45, 7) is 4.44. The van der Waals surface area contributed by atoms with Crippen LogP contribution in [0.15, 0.2) is 42.5 Å². The lowest BCUT2D eigenvalue weighted by atomic mass is 9.94. The smallest absolute Gasteiger partial charge is 0.252 e. The number of hydrogen-bond donors (Lipinski definition) is 2. The van der Waals surface area contributed by atoms with Gasteiger partial charge in [-0.3, -0.25) is 14.4 Å². The molecule has 0 radical (unpaired) electrons. The number of benzene rings is 2. The number of aryl methyl sites for hydroxylation is 2. The second kappa shape index (κ2) is 8.16. The average Bonchev–Trinajstić information content (AvgIpc) is 2.87. The highest BCUT2D eigenvalue weighted by Crippen LogP contribution is 2.19. The molecule has 5 nitrogen and oxygen atoms in total. The molecule has 0 spiro atoms. The molecule has 0 bridgehead atoms. The van der Waals surface area contributed by atoms with Crippen LogP contribution in [0.25, 0.3) is 0 Å². The third-order valence-electron chi connectivity index (χ3n) is 4.89. The number of carbonyl (C=O) groups is 3. The van der Waals surface area contributed by atoms with Gasteiger partial charge < -0.3 is 10.6 Å². The molecule has 1 aliphatic rings. The summed E-state index contributed by atoms with van der Waals surface area (Å²) in [5.41, 5.74) is 3.07. The highest BCUT2D eigenvalue weighted by molar-refractivity contribution is 6.16. The predicted molar refractivity (Wildman–Crippen MR) is 104 cm³/mol. The van der Waals surface area contributed by atoms with Gasteiger partial charge in [-0.2, -0.15) is 0 Å². The van der Waals surface area contributed by atoms with Crippen molar-refractivity contribution in [3.63, 3.8) is 0 Å². The quantitative estimate of drug-likeness (QED) is 0.819. The first-order valence-electron chi connectivity index (χ1n) is 9.27. The summed E-state index contributed by atoms with van der Waals surface area (Å²) in [6, 6.07) is 11.9. The first-order valence-corrected chi connectivity index (χ1v) is 9.27. The molecule has 0 unspecified atom stereocenters. The van der Waals surface area contributed by atoms with E-state index in [2.05, 4.69) is 10.6 Å². The average molecular weight is 364 g/mol. The summed E-state index contributed by atoms with van der Waals surface area (Å²) in [4.78, 5) is 38.0. The second-order valence-electron chi connectivity index (χ2n) is 7.01. The van der Waals surface area contributed by atoms with Gasteiger partial charge in [0.2, 0.25) is 5.91 Å². The molecule has 2 N–H and O–H groups in total. The summed E-state index contributed by atoms with van der Waals surface area (Å²) in [5.74, 6) is -0.752. The fourth-order valence-electron chi connectivity index (χ4n) is 3.32. The molecule has 0 aromatic heterocycles. The Labute approximate surface area is 159 Å². The lowest BCUT2D eigenvalue weighted by Gasteiger charge is -2.17. The lowest BCUT2D eigenvalue weighted by molar-refractivity contribution is -0.122. The van der Waals surface area contributed by atoms with Gasteiger partial charge in [-0.25, -0.2) is 0 Å². The van der Waals surface area contributed by atoms with Crippen molar-refractivity contribution in [1.82, 2.24) is 10.6 Å². The predicted octanol–water partition coefficient (Wildman–Crippen LogP) is 2.93. The molecule has 1 atom stereocenters. The summed E-state index contributed by atoms with van der Waals surface area (Å²) in [5, 5.41) is 5.60. The fourth-order valence-corrected chi connectivity index (χ4v) is 3.32. The van der Waals surface area contributed by atoms with E-state index < -0.39 is 11.9 Å². The molecule has 27 heavy (non-hydrogen) atoms. The van der Waals surface area contributed by atoms with Crippen molar-refractivity contribution < 1.29 is 14.4 Å². The van der Waals surface area contributed by atoms with Crippen molar-refractivity contribution in [1.29, 1.82) is 0 Å². The Kier molecular flexibility index (Phi) is 5.69. The first kappa shape index (κ1) is 18.8. The van der Waals surface area contributed by atoms with Gasteiger partial charge in [-0.1, -0.05) is 35.9 Å². The molecular formula is C22H24N2O3. The van der Waals surface area contributed by atoms with Gasteiger partial charge in [0.1, 0.15) is 6.04 Å². The third-order valence-corrected chi connectivity index (χ3v) is 4.89. The van der Waals surface area contributed by atoms with E-state index in [-0.39, 0.29) is 11.7 Å². The monoisotopic (exact) mass is 364 g/mol. The molecule has 5 heteroatoms. The van der Waals surface area contributed by atoms with Gasteiger partial charge in [0.05, 0.1) is 5.56 Å². The summed E-state index contributed by atoms with van der Waals surface area (Å²) >= 11 is 0. The van der Waals surface area contributed by atoms with Gasteiger partial charge >= 0.3 is 0 Å². The molecule has 2 amide bonds. The number of hydrogen-bond acceptors (Lipinski definition) is 3. The maximum atomic E-state index is 13.1. The fraction of sp³-hybridized carbons (Fsp3) is 0.318. The zero-order valence-electron chi connectivity index (χ0n) is 15.7. The summed E-state index contributed by atoms with van der Waals surface area (Å²) < 4.78 is 0. The zero-order valence-corrected chi connectivity index (χ0v) is 15.7. The summed E-state index contributed by atoms with van der Waals surface area (Å²) in [7, 11) is 0. The van der Waals surface area contributed by atoms with Crippen molar-refractivity contribution in [3.05, 3.63) is 70.3 Å². The molecule has 2 aromatic rings. The van der Waals surface area contributed by atoms with Gasteiger partial charge in [-0.15, -0.1) is 0 Å². The Morgan fingerprint density at radius 2 is 1.74 bits per heavy atom. The van der Waals surface area contributed by atoms with Crippen LogP contribution in [0, 0.1) is 13.8 Å². The molecule has 140 valence electrons. The van der Waals surface area contributed by atoms with E-state index in [4.69, 9.17) is 0 Å². The zero-order chi connectivity index (χ0) is 19.4. The molecule has 0 aliphatic carbocycles. The minimum atomic E-state index is -0.566. The number of nitrogens with one attached hydrogen (secondary N) is 2. The van der Waals surface area contributed by atoms with Gasteiger partial charge in [0.15, 0.2) is 5.78 Å². The van der Waals surface area contributed by atoms with Crippen LogP contribution in [0.4, 0.5) is 0 Å².